The van der Waals surface area contributed by atoms with E-state index in [1.54, 1.807) is 23.0 Å². The molecule has 1 amide bonds. The first-order valence-electron chi connectivity index (χ1n) is 8.89. The number of halogens is 1. The van der Waals surface area contributed by atoms with Gasteiger partial charge in [-0.3, -0.25) is 9.69 Å². The maximum absolute atomic E-state index is 12.6. The SMILES string of the molecule is Cc1cnc(Cl)nc1-c1ccc2c(c1)C(O)N(CC(=O)N(C)C(C)(C)C)C2. The Bertz CT molecular complexity index is 879. The summed E-state index contributed by atoms with van der Waals surface area (Å²) < 4.78 is 0. The molecule has 0 spiro atoms. The summed E-state index contributed by atoms with van der Waals surface area (Å²) in [6, 6.07) is 5.86. The highest BCUT2D eigenvalue weighted by Gasteiger charge is 2.32. The first kappa shape index (κ1) is 19.7. The van der Waals surface area contributed by atoms with Crippen molar-refractivity contribution in [3.05, 3.63) is 46.4 Å². The van der Waals surface area contributed by atoms with Crippen LogP contribution < -0.4 is 0 Å². The number of carbonyl (C=O) groups is 1. The number of carbonyl (C=O) groups excluding carboxylic acids is 1. The van der Waals surface area contributed by atoms with Crippen LogP contribution in [0.1, 0.15) is 43.7 Å². The van der Waals surface area contributed by atoms with Crippen LogP contribution in [-0.4, -0.2) is 49.9 Å². The zero-order valence-electron chi connectivity index (χ0n) is 16.3. The molecule has 7 heteroatoms. The standard InChI is InChI=1S/C20H25ClN4O2/c1-12-9-22-19(21)23-17(12)13-6-7-14-10-25(18(27)15(14)8-13)11-16(26)24(5)20(2,3)4/h6-9,18,27H,10-11H2,1-5H3. The van der Waals surface area contributed by atoms with Gasteiger partial charge in [0.05, 0.1) is 12.2 Å². The molecule has 0 saturated heterocycles. The number of aliphatic hydroxyl groups excluding tert-OH is 1. The highest BCUT2D eigenvalue weighted by Crippen LogP contribution is 2.35. The fraction of sp³-hybridized carbons (Fsp3) is 0.450. The average molecular weight is 389 g/mol. The largest absolute Gasteiger partial charge is 0.374 e. The van der Waals surface area contributed by atoms with Crippen molar-refractivity contribution in [2.24, 2.45) is 0 Å². The summed E-state index contributed by atoms with van der Waals surface area (Å²) in [6.07, 6.45) is 0.858. The number of aromatic nitrogens is 2. The summed E-state index contributed by atoms with van der Waals surface area (Å²) in [5, 5.41) is 11.0. The minimum Gasteiger partial charge on any atom is -0.374 e. The fourth-order valence-electron chi connectivity index (χ4n) is 3.14. The van der Waals surface area contributed by atoms with Crippen molar-refractivity contribution in [1.29, 1.82) is 0 Å². The summed E-state index contributed by atoms with van der Waals surface area (Å²) in [6.45, 7) is 8.58. The lowest BCUT2D eigenvalue weighted by Gasteiger charge is -2.33. The molecule has 1 aromatic heterocycles. The molecule has 144 valence electrons. The van der Waals surface area contributed by atoms with Gasteiger partial charge in [-0.25, -0.2) is 9.97 Å². The van der Waals surface area contributed by atoms with Gasteiger partial charge in [0.2, 0.25) is 11.2 Å². The number of nitrogens with zero attached hydrogens (tertiary/aromatic N) is 4. The van der Waals surface area contributed by atoms with Crippen molar-refractivity contribution < 1.29 is 9.90 Å². The second-order valence-electron chi connectivity index (χ2n) is 7.99. The average Bonchev–Trinajstić information content (AvgIpc) is 2.91. The van der Waals surface area contributed by atoms with Gasteiger partial charge < -0.3 is 10.0 Å². The summed E-state index contributed by atoms with van der Waals surface area (Å²) in [5.41, 5.74) is 4.07. The molecule has 1 N–H and O–H groups in total. The third-order valence-electron chi connectivity index (χ3n) is 5.08. The van der Waals surface area contributed by atoms with Crippen molar-refractivity contribution >= 4 is 17.5 Å². The van der Waals surface area contributed by atoms with Crippen LogP contribution in [0.4, 0.5) is 0 Å². The van der Waals surface area contributed by atoms with E-state index in [0.29, 0.717) is 6.54 Å². The van der Waals surface area contributed by atoms with E-state index in [1.807, 2.05) is 45.9 Å². The Morgan fingerprint density at radius 3 is 2.78 bits per heavy atom. The number of fused-ring (bicyclic) bond motifs is 1. The fourth-order valence-corrected chi connectivity index (χ4v) is 3.27. The van der Waals surface area contributed by atoms with E-state index in [-0.39, 0.29) is 23.3 Å². The Balaban J connectivity index is 1.83. The van der Waals surface area contributed by atoms with Gasteiger partial charge >= 0.3 is 0 Å². The van der Waals surface area contributed by atoms with Gasteiger partial charge in [-0.2, -0.15) is 0 Å². The number of rotatable bonds is 3. The molecule has 2 aromatic rings. The maximum Gasteiger partial charge on any atom is 0.237 e. The molecule has 1 aromatic carbocycles. The Morgan fingerprint density at radius 2 is 2.11 bits per heavy atom. The first-order chi connectivity index (χ1) is 12.6. The van der Waals surface area contributed by atoms with Gasteiger partial charge in [-0.1, -0.05) is 12.1 Å². The van der Waals surface area contributed by atoms with E-state index in [1.165, 1.54) is 0 Å². The Labute approximate surface area is 164 Å². The predicted molar refractivity (Wildman–Crippen MR) is 105 cm³/mol. The summed E-state index contributed by atoms with van der Waals surface area (Å²) in [7, 11) is 1.79. The highest BCUT2D eigenvalue weighted by molar-refractivity contribution is 6.28. The lowest BCUT2D eigenvalue weighted by atomic mass is 10.0. The molecular weight excluding hydrogens is 364 g/mol. The van der Waals surface area contributed by atoms with Crippen molar-refractivity contribution in [1.82, 2.24) is 19.8 Å². The zero-order valence-corrected chi connectivity index (χ0v) is 17.1. The van der Waals surface area contributed by atoms with Gasteiger partial charge in [0.25, 0.3) is 0 Å². The molecule has 1 aliphatic rings. The van der Waals surface area contributed by atoms with Crippen LogP contribution in [0, 0.1) is 6.92 Å². The second-order valence-corrected chi connectivity index (χ2v) is 8.32. The van der Waals surface area contributed by atoms with E-state index < -0.39 is 6.23 Å². The van der Waals surface area contributed by atoms with E-state index in [4.69, 9.17) is 11.6 Å². The second kappa shape index (κ2) is 7.19. The van der Waals surface area contributed by atoms with Crippen LogP contribution in [0.25, 0.3) is 11.3 Å². The Hall–Kier alpha value is -2.02. The minimum absolute atomic E-state index is 0.0204. The highest BCUT2D eigenvalue weighted by atomic mass is 35.5. The molecule has 27 heavy (non-hydrogen) atoms. The number of likely N-dealkylation sites (N-methyl/N-ethyl adjacent to an activating group) is 1. The maximum atomic E-state index is 12.6. The molecule has 3 rings (SSSR count). The molecule has 0 bridgehead atoms. The number of aryl methyl sites for hydroxylation is 1. The van der Waals surface area contributed by atoms with Crippen LogP contribution in [0.3, 0.4) is 0 Å². The van der Waals surface area contributed by atoms with Gasteiger partial charge in [0.15, 0.2) is 0 Å². The minimum atomic E-state index is -0.824. The third-order valence-corrected chi connectivity index (χ3v) is 5.26. The van der Waals surface area contributed by atoms with Crippen LogP contribution in [0.2, 0.25) is 5.28 Å². The van der Waals surface area contributed by atoms with Gasteiger partial charge in [-0.15, -0.1) is 0 Å². The van der Waals surface area contributed by atoms with Gasteiger partial charge in [0.1, 0.15) is 6.23 Å². The van der Waals surface area contributed by atoms with Gasteiger partial charge in [0, 0.05) is 36.5 Å². The number of hydrogen-bond acceptors (Lipinski definition) is 5. The van der Waals surface area contributed by atoms with Crippen LogP contribution >= 0.6 is 11.6 Å². The van der Waals surface area contributed by atoms with Crippen molar-refractivity contribution in [3.63, 3.8) is 0 Å². The van der Waals surface area contributed by atoms with E-state index in [9.17, 15) is 9.90 Å². The number of hydrogen-bond donors (Lipinski definition) is 1. The van der Waals surface area contributed by atoms with Crippen molar-refractivity contribution in [3.8, 4) is 11.3 Å². The zero-order chi connectivity index (χ0) is 19.9. The number of aliphatic hydroxyl groups is 1. The molecule has 0 saturated carbocycles. The molecule has 1 unspecified atom stereocenters. The Kier molecular flexibility index (Phi) is 5.25. The summed E-state index contributed by atoms with van der Waals surface area (Å²) >= 11 is 5.94. The lowest BCUT2D eigenvalue weighted by molar-refractivity contribution is -0.138. The molecule has 1 atom stereocenters. The normalized spacial score (nSPS) is 17.1. The number of benzene rings is 1. The molecule has 6 nitrogen and oxygen atoms in total. The van der Waals surface area contributed by atoms with Crippen LogP contribution in [-0.2, 0) is 11.3 Å². The summed E-state index contributed by atoms with van der Waals surface area (Å²) in [4.78, 5) is 24.3. The lowest BCUT2D eigenvalue weighted by Crippen LogP contribution is -2.46. The molecule has 0 aliphatic carbocycles. The van der Waals surface area contributed by atoms with Crippen molar-refractivity contribution in [2.45, 2.75) is 46.0 Å². The van der Waals surface area contributed by atoms with Crippen LogP contribution in [0.15, 0.2) is 24.4 Å². The third kappa shape index (κ3) is 3.98. The predicted octanol–water partition coefficient (Wildman–Crippen LogP) is 3.17. The molecule has 2 heterocycles. The molecule has 0 fully saturated rings. The van der Waals surface area contributed by atoms with Crippen molar-refractivity contribution in [2.75, 3.05) is 13.6 Å². The summed E-state index contributed by atoms with van der Waals surface area (Å²) in [5.74, 6) is -0.0204. The topological polar surface area (TPSA) is 69.6 Å². The molecule has 0 radical (unpaired) electrons. The molecular formula is C20H25ClN4O2. The quantitative estimate of drug-likeness (QED) is 0.818. The van der Waals surface area contributed by atoms with E-state index in [2.05, 4.69) is 9.97 Å². The van der Waals surface area contributed by atoms with E-state index in [0.717, 1.165) is 27.9 Å². The number of amides is 1. The molecule has 1 aliphatic heterocycles. The van der Waals surface area contributed by atoms with Gasteiger partial charge in [-0.05, 0) is 56.5 Å². The monoisotopic (exact) mass is 388 g/mol. The first-order valence-corrected chi connectivity index (χ1v) is 9.27. The smallest absolute Gasteiger partial charge is 0.237 e. The Morgan fingerprint density at radius 1 is 1.41 bits per heavy atom. The van der Waals surface area contributed by atoms with E-state index >= 15 is 0 Å². The van der Waals surface area contributed by atoms with Crippen LogP contribution in [0.5, 0.6) is 0 Å².